The number of halogens is 1. The van der Waals surface area contributed by atoms with Gasteiger partial charge in [0.2, 0.25) is 0 Å². The summed E-state index contributed by atoms with van der Waals surface area (Å²) in [7, 11) is 1.60. The smallest absolute Gasteiger partial charge is 0.271 e. The lowest BCUT2D eigenvalue weighted by Crippen LogP contribution is -2.28. The molecule has 0 radical (unpaired) electrons. The van der Waals surface area contributed by atoms with Crippen molar-refractivity contribution in [2.45, 2.75) is 6.92 Å². The van der Waals surface area contributed by atoms with Crippen LogP contribution in [0.5, 0.6) is 11.5 Å². The van der Waals surface area contributed by atoms with Gasteiger partial charge in [0.05, 0.1) is 34.5 Å². The van der Waals surface area contributed by atoms with Crippen molar-refractivity contribution in [3.63, 3.8) is 0 Å². The van der Waals surface area contributed by atoms with Crippen molar-refractivity contribution in [1.29, 1.82) is 0 Å². The van der Waals surface area contributed by atoms with Gasteiger partial charge in [0, 0.05) is 0 Å². The highest BCUT2D eigenvalue weighted by molar-refractivity contribution is 9.10. The highest BCUT2D eigenvalue weighted by atomic mass is 79.9. The highest BCUT2D eigenvalue weighted by Crippen LogP contribution is 2.40. The van der Waals surface area contributed by atoms with Crippen molar-refractivity contribution in [3.8, 4) is 11.5 Å². The maximum Gasteiger partial charge on any atom is 0.271 e. The van der Waals surface area contributed by atoms with Gasteiger partial charge in [-0.3, -0.25) is 9.69 Å². The molecule has 0 saturated carbocycles. The summed E-state index contributed by atoms with van der Waals surface area (Å²) in [6.07, 6.45) is 1.85. The Balaban J connectivity index is 1.77. The standard InChI is InChI=1S/C25H21BrN2O3S/c1-3-31-21-15-17(14-20(26)23(21)30-2)16-22-24(29)28(19-12-8-5-9-13-19)25(32-22)27-18-10-6-4-7-11-18/h4-16H,3H2,1-2H3/b22-16-,27-25?. The van der Waals surface area contributed by atoms with E-state index in [1.807, 2.05) is 85.8 Å². The first-order valence-electron chi connectivity index (χ1n) is 10.0. The minimum atomic E-state index is -0.124. The number of rotatable bonds is 6. The molecule has 3 aromatic carbocycles. The molecule has 0 bridgehead atoms. The van der Waals surface area contributed by atoms with Gasteiger partial charge in [-0.25, -0.2) is 4.99 Å². The number of hydrogen-bond donors (Lipinski definition) is 0. The molecule has 1 amide bonds. The fraction of sp³-hybridized carbons (Fsp3) is 0.120. The van der Waals surface area contributed by atoms with Gasteiger partial charge in [-0.2, -0.15) is 0 Å². The Hall–Kier alpha value is -3.03. The van der Waals surface area contributed by atoms with E-state index in [0.29, 0.717) is 28.2 Å². The number of methoxy groups -OCH3 is 1. The highest BCUT2D eigenvalue weighted by Gasteiger charge is 2.34. The second kappa shape index (κ2) is 10.1. The third-order valence-electron chi connectivity index (χ3n) is 4.64. The van der Waals surface area contributed by atoms with Crippen molar-refractivity contribution in [2.24, 2.45) is 4.99 Å². The van der Waals surface area contributed by atoms with Gasteiger partial charge in [0.1, 0.15) is 0 Å². The molecule has 4 rings (SSSR count). The number of aliphatic imine (C=N–C) groups is 1. The Morgan fingerprint density at radius 1 is 1.06 bits per heavy atom. The summed E-state index contributed by atoms with van der Waals surface area (Å²) < 4.78 is 11.9. The Kier molecular flexibility index (Phi) is 6.97. The van der Waals surface area contributed by atoms with Crippen LogP contribution in [0.25, 0.3) is 6.08 Å². The predicted octanol–water partition coefficient (Wildman–Crippen LogP) is 6.67. The maximum absolute atomic E-state index is 13.4. The third-order valence-corrected chi connectivity index (χ3v) is 6.19. The van der Waals surface area contributed by atoms with Crippen molar-refractivity contribution in [1.82, 2.24) is 0 Å². The van der Waals surface area contributed by atoms with Crippen LogP contribution >= 0.6 is 27.7 Å². The van der Waals surface area contributed by atoms with Gasteiger partial charge >= 0.3 is 0 Å². The minimum absolute atomic E-state index is 0.124. The zero-order chi connectivity index (χ0) is 22.5. The molecule has 0 aliphatic carbocycles. The predicted molar refractivity (Wildman–Crippen MR) is 135 cm³/mol. The zero-order valence-corrected chi connectivity index (χ0v) is 20.0. The SMILES string of the molecule is CCOc1cc(/C=C2\SC(=Nc3ccccc3)N(c3ccccc3)C2=O)cc(Br)c1OC. The average Bonchev–Trinajstić information content (AvgIpc) is 3.09. The fourth-order valence-electron chi connectivity index (χ4n) is 3.25. The first kappa shape index (κ1) is 22.2. The van der Waals surface area contributed by atoms with Crippen molar-refractivity contribution >= 4 is 56.2 Å². The Morgan fingerprint density at radius 2 is 1.75 bits per heavy atom. The first-order valence-corrected chi connectivity index (χ1v) is 11.6. The van der Waals surface area contributed by atoms with Gasteiger partial charge in [0.15, 0.2) is 16.7 Å². The molecular weight excluding hydrogens is 488 g/mol. The number of carbonyl (C=O) groups excluding carboxylic acids is 1. The fourth-order valence-corrected chi connectivity index (χ4v) is 4.87. The summed E-state index contributed by atoms with van der Waals surface area (Å²) >= 11 is 4.88. The van der Waals surface area contributed by atoms with E-state index < -0.39 is 0 Å². The van der Waals surface area contributed by atoms with Crippen LogP contribution in [0.1, 0.15) is 12.5 Å². The molecule has 1 saturated heterocycles. The monoisotopic (exact) mass is 508 g/mol. The molecule has 0 unspecified atom stereocenters. The van der Waals surface area contributed by atoms with E-state index in [-0.39, 0.29) is 5.91 Å². The molecule has 1 aliphatic rings. The minimum Gasteiger partial charge on any atom is -0.492 e. The number of anilines is 1. The Labute approximate surface area is 199 Å². The molecule has 32 heavy (non-hydrogen) atoms. The van der Waals surface area contributed by atoms with Crippen LogP contribution in [0.15, 0.2) is 87.2 Å². The van der Waals surface area contributed by atoms with Gasteiger partial charge in [0.25, 0.3) is 5.91 Å². The van der Waals surface area contributed by atoms with Gasteiger partial charge in [-0.1, -0.05) is 36.4 Å². The molecule has 1 aliphatic heterocycles. The number of carbonyl (C=O) groups is 1. The number of amidine groups is 1. The molecule has 0 N–H and O–H groups in total. The second-order valence-corrected chi connectivity index (χ2v) is 8.65. The van der Waals surface area contributed by atoms with Crippen LogP contribution in [0.2, 0.25) is 0 Å². The molecule has 5 nitrogen and oxygen atoms in total. The summed E-state index contributed by atoms with van der Waals surface area (Å²) in [6.45, 7) is 2.42. The summed E-state index contributed by atoms with van der Waals surface area (Å²) in [6, 6.07) is 22.9. The lowest BCUT2D eigenvalue weighted by atomic mass is 10.1. The lowest BCUT2D eigenvalue weighted by molar-refractivity contribution is -0.113. The van der Waals surface area contributed by atoms with Crippen molar-refractivity contribution in [2.75, 3.05) is 18.6 Å². The van der Waals surface area contributed by atoms with Crippen LogP contribution in [0.4, 0.5) is 11.4 Å². The summed E-state index contributed by atoms with van der Waals surface area (Å²) in [5, 5.41) is 0.608. The maximum atomic E-state index is 13.4. The van der Waals surface area contributed by atoms with Crippen LogP contribution in [-0.2, 0) is 4.79 Å². The molecule has 1 fully saturated rings. The summed E-state index contributed by atoms with van der Waals surface area (Å²) in [4.78, 5) is 20.4. The summed E-state index contributed by atoms with van der Waals surface area (Å²) in [5.41, 5.74) is 2.38. The molecule has 7 heteroatoms. The normalized spacial score (nSPS) is 16.1. The van der Waals surface area contributed by atoms with E-state index in [4.69, 9.17) is 14.5 Å². The molecule has 1 heterocycles. The second-order valence-electron chi connectivity index (χ2n) is 6.78. The van der Waals surface area contributed by atoms with E-state index in [1.165, 1.54) is 11.8 Å². The lowest BCUT2D eigenvalue weighted by Gasteiger charge is -2.15. The number of nitrogens with zero attached hydrogens (tertiary/aromatic N) is 2. The van der Waals surface area contributed by atoms with Crippen LogP contribution in [-0.4, -0.2) is 24.8 Å². The topological polar surface area (TPSA) is 51.1 Å². The largest absolute Gasteiger partial charge is 0.492 e. The quantitative estimate of drug-likeness (QED) is 0.349. The zero-order valence-electron chi connectivity index (χ0n) is 17.6. The van der Waals surface area contributed by atoms with Crippen LogP contribution in [0, 0.1) is 0 Å². The molecule has 3 aromatic rings. The third kappa shape index (κ3) is 4.74. The number of thioether (sulfide) groups is 1. The van der Waals surface area contributed by atoms with Crippen LogP contribution < -0.4 is 14.4 Å². The number of amides is 1. The number of para-hydroxylation sites is 2. The number of ether oxygens (including phenoxy) is 2. The molecule has 0 atom stereocenters. The van der Waals surface area contributed by atoms with E-state index in [2.05, 4.69) is 15.9 Å². The number of benzene rings is 3. The van der Waals surface area contributed by atoms with Crippen LogP contribution in [0.3, 0.4) is 0 Å². The van der Waals surface area contributed by atoms with Gasteiger partial charge < -0.3 is 9.47 Å². The van der Waals surface area contributed by atoms with E-state index >= 15 is 0 Å². The number of hydrogen-bond acceptors (Lipinski definition) is 5. The molecule has 0 aromatic heterocycles. The van der Waals surface area contributed by atoms with E-state index in [9.17, 15) is 4.79 Å². The average molecular weight is 509 g/mol. The van der Waals surface area contributed by atoms with E-state index in [0.717, 1.165) is 21.4 Å². The Morgan fingerprint density at radius 3 is 2.41 bits per heavy atom. The van der Waals surface area contributed by atoms with E-state index in [1.54, 1.807) is 12.0 Å². The Bertz CT molecular complexity index is 1180. The van der Waals surface area contributed by atoms with Crippen molar-refractivity contribution < 1.29 is 14.3 Å². The molecule has 162 valence electrons. The van der Waals surface area contributed by atoms with Gasteiger partial charge in [-0.15, -0.1) is 0 Å². The van der Waals surface area contributed by atoms with Gasteiger partial charge in [-0.05, 0) is 82.7 Å². The van der Waals surface area contributed by atoms with Crippen molar-refractivity contribution in [3.05, 3.63) is 87.7 Å². The molecular formula is C25H21BrN2O3S. The summed E-state index contributed by atoms with van der Waals surface area (Å²) in [5.74, 6) is 1.11. The molecule has 0 spiro atoms. The first-order chi connectivity index (χ1) is 15.6.